The van der Waals surface area contributed by atoms with Gasteiger partial charge >= 0.3 is 5.97 Å². The first-order chi connectivity index (χ1) is 15.4. The Morgan fingerprint density at radius 3 is 2.06 bits per heavy atom. The maximum absolute atomic E-state index is 12.9. The van der Waals surface area contributed by atoms with Crippen molar-refractivity contribution < 1.29 is 14.7 Å². The first kappa shape index (κ1) is 21.2. The summed E-state index contributed by atoms with van der Waals surface area (Å²) in [6.07, 6.45) is 0. The van der Waals surface area contributed by atoms with Crippen LogP contribution in [0.3, 0.4) is 0 Å². The van der Waals surface area contributed by atoms with Crippen molar-refractivity contribution in [1.82, 2.24) is 5.01 Å². The Morgan fingerprint density at radius 2 is 1.47 bits per heavy atom. The van der Waals surface area contributed by atoms with Crippen LogP contribution in [0.25, 0.3) is 21.9 Å². The summed E-state index contributed by atoms with van der Waals surface area (Å²) in [7, 11) is 1.82. The zero-order valence-corrected chi connectivity index (χ0v) is 17.6. The minimum absolute atomic E-state index is 0.151. The number of nitrogens with zero attached hydrogens (tertiary/aromatic N) is 1. The molecule has 160 valence electrons. The van der Waals surface area contributed by atoms with Crippen LogP contribution in [0.1, 0.15) is 26.3 Å². The predicted octanol–water partition coefficient (Wildman–Crippen LogP) is 4.76. The molecule has 6 heteroatoms. The van der Waals surface area contributed by atoms with Gasteiger partial charge in [0.25, 0.3) is 5.91 Å². The number of carbonyl (C=O) groups excluding carboxylic acids is 1. The number of carbonyl (C=O) groups is 2. The van der Waals surface area contributed by atoms with Crippen LogP contribution in [0, 0.1) is 0 Å². The zero-order valence-electron chi connectivity index (χ0n) is 17.6. The number of aromatic carboxylic acids is 1. The molecule has 1 amide bonds. The Morgan fingerprint density at radius 1 is 0.875 bits per heavy atom. The molecule has 0 saturated carbocycles. The maximum atomic E-state index is 12.9. The zero-order chi connectivity index (χ0) is 22.7. The number of carboxylic acid groups (broad SMARTS) is 1. The number of hydrazine groups is 1. The number of anilines is 1. The number of hydrogen-bond acceptors (Lipinski definition) is 4. The quantitative estimate of drug-likeness (QED) is 0.306. The topological polar surface area (TPSA) is 95.7 Å². The van der Waals surface area contributed by atoms with Crippen molar-refractivity contribution >= 4 is 28.3 Å². The van der Waals surface area contributed by atoms with Crippen LogP contribution < -0.4 is 11.2 Å². The van der Waals surface area contributed by atoms with Crippen LogP contribution in [0.5, 0.6) is 0 Å². The summed E-state index contributed by atoms with van der Waals surface area (Å²) in [5.74, 6) is 4.36. The van der Waals surface area contributed by atoms with Gasteiger partial charge in [0.05, 0.1) is 5.56 Å². The Labute approximate surface area is 185 Å². The molecular formula is C26H23N3O3. The first-order valence-electron chi connectivity index (χ1n) is 10.1. The van der Waals surface area contributed by atoms with Gasteiger partial charge in [-0.05, 0) is 46.3 Å². The number of nitrogens with one attached hydrogen (secondary N) is 1. The lowest BCUT2D eigenvalue weighted by Gasteiger charge is -2.12. The molecule has 4 N–H and O–H groups in total. The summed E-state index contributed by atoms with van der Waals surface area (Å²) < 4.78 is 0. The molecule has 4 aromatic carbocycles. The third-order valence-electron chi connectivity index (χ3n) is 5.25. The molecule has 0 fully saturated rings. The van der Waals surface area contributed by atoms with Gasteiger partial charge in [0.2, 0.25) is 0 Å². The largest absolute Gasteiger partial charge is 0.478 e. The second kappa shape index (κ2) is 9.01. The lowest BCUT2D eigenvalue weighted by Crippen LogP contribution is -2.24. The molecule has 0 aliphatic heterocycles. The summed E-state index contributed by atoms with van der Waals surface area (Å²) >= 11 is 0. The Bertz CT molecular complexity index is 1270. The molecule has 0 bridgehead atoms. The molecule has 0 heterocycles. The number of hydrogen-bond donors (Lipinski definition) is 3. The van der Waals surface area contributed by atoms with Crippen LogP contribution in [-0.4, -0.2) is 29.0 Å². The summed E-state index contributed by atoms with van der Waals surface area (Å²) in [5.41, 5.74) is 4.26. The van der Waals surface area contributed by atoms with E-state index < -0.39 is 5.97 Å². The second-order valence-electron chi connectivity index (χ2n) is 7.66. The average molecular weight is 425 g/mol. The van der Waals surface area contributed by atoms with Crippen LogP contribution >= 0.6 is 0 Å². The van der Waals surface area contributed by atoms with E-state index in [1.807, 2.05) is 55.6 Å². The highest BCUT2D eigenvalue weighted by molar-refractivity contribution is 6.14. The molecule has 4 rings (SSSR count). The number of carboxylic acids is 1. The van der Waals surface area contributed by atoms with E-state index in [0.717, 1.165) is 22.1 Å². The minimum Gasteiger partial charge on any atom is -0.478 e. The Kier molecular flexibility index (Phi) is 5.98. The van der Waals surface area contributed by atoms with E-state index in [4.69, 9.17) is 5.84 Å². The van der Waals surface area contributed by atoms with Gasteiger partial charge in [-0.2, -0.15) is 0 Å². The Hall–Kier alpha value is -4.00. The number of amides is 1. The van der Waals surface area contributed by atoms with E-state index in [2.05, 4.69) is 5.32 Å². The number of rotatable bonds is 6. The smallest absolute Gasteiger partial charge is 0.336 e. The fraction of sp³-hybridized carbons (Fsp3) is 0.0769. The van der Waals surface area contributed by atoms with Crippen molar-refractivity contribution in [2.75, 3.05) is 12.4 Å². The predicted molar refractivity (Wildman–Crippen MR) is 126 cm³/mol. The van der Waals surface area contributed by atoms with E-state index in [-0.39, 0.29) is 11.5 Å². The van der Waals surface area contributed by atoms with Crippen LogP contribution in [0.15, 0.2) is 84.9 Å². The molecular weight excluding hydrogens is 402 g/mol. The molecule has 0 unspecified atom stereocenters. The van der Waals surface area contributed by atoms with E-state index in [1.165, 1.54) is 6.07 Å². The van der Waals surface area contributed by atoms with E-state index in [1.54, 1.807) is 35.3 Å². The molecule has 0 radical (unpaired) electrons. The van der Waals surface area contributed by atoms with Crippen LogP contribution in [0.4, 0.5) is 5.69 Å². The Balaban J connectivity index is 1.56. The average Bonchev–Trinajstić information content (AvgIpc) is 2.79. The number of fused-ring (bicyclic) bond motifs is 1. The van der Waals surface area contributed by atoms with Gasteiger partial charge in [-0.25, -0.2) is 9.80 Å². The highest BCUT2D eigenvalue weighted by atomic mass is 16.4. The van der Waals surface area contributed by atoms with E-state index in [0.29, 0.717) is 23.2 Å². The third kappa shape index (κ3) is 4.51. The van der Waals surface area contributed by atoms with Crippen LogP contribution in [-0.2, 0) is 6.54 Å². The van der Waals surface area contributed by atoms with E-state index in [9.17, 15) is 14.7 Å². The first-order valence-corrected chi connectivity index (χ1v) is 10.1. The van der Waals surface area contributed by atoms with Crippen molar-refractivity contribution in [3.8, 4) is 11.1 Å². The molecule has 0 spiro atoms. The minimum atomic E-state index is -1.04. The fourth-order valence-electron chi connectivity index (χ4n) is 3.72. The summed E-state index contributed by atoms with van der Waals surface area (Å²) in [6.45, 7) is 0.664. The number of nitrogens with two attached hydrogens (primary N) is 1. The highest BCUT2D eigenvalue weighted by Crippen LogP contribution is 2.28. The molecule has 0 aliphatic carbocycles. The summed E-state index contributed by atoms with van der Waals surface area (Å²) in [4.78, 5) is 24.5. The molecule has 4 aromatic rings. The van der Waals surface area contributed by atoms with Crippen molar-refractivity contribution in [1.29, 1.82) is 0 Å². The fourth-order valence-corrected chi connectivity index (χ4v) is 3.72. The molecule has 6 nitrogen and oxygen atoms in total. The molecule has 0 atom stereocenters. The normalized spacial score (nSPS) is 11.0. The van der Waals surface area contributed by atoms with Gasteiger partial charge in [-0.3, -0.25) is 10.6 Å². The summed E-state index contributed by atoms with van der Waals surface area (Å²) in [5, 5.41) is 15.3. The summed E-state index contributed by atoms with van der Waals surface area (Å²) in [6, 6.07) is 25.8. The van der Waals surface area contributed by atoms with Crippen LogP contribution in [0.2, 0.25) is 0 Å². The van der Waals surface area contributed by atoms with Crippen molar-refractivity contribution in [3.63, 3.8) is 0 Å². The van der Waals surface area contributed by atoms with Gasteiger partial charge < -0.3 is 10.4 Å². The standard InChI is InChI=1S/C26H23N3O3/c1-29(27)16-17-8-10-18(11-9-17)19-12-14-21(15-13-19)25(30)28-23-7-3-5-20-4-2-6-22(24(20)23)26(31)32/h2-15H,16,27H2,1H3,(H,28,30)(H,31,32). The molecule has 32 heavy (non-hydrogen) atoms. The van der Waals surface area contributed by atoms with Gasteiger partial charge in [0.1, 0.15) is 0 Å². The monoisotopic (exact) mass is 425 g/mol. The van der Waals surface area contributed by atoms with Crippen molar-refractivity contribution in [2.24, 2.45) is 5.84 Å². The van der Waals surface area contributed by atoms with Gasteiger partial charge in [0.15, 0.2) is 0 Å². The molecule has 0 saturated heterocycles. The van der Waals surface area contributed by atoms with Gasteiger partial charge in [-0.1, -0.05) is 60.7 Å². The highest BCUT2D eigenvalue weighted by Gasteiger charge is 2.14. The van der Waals surface area contributed by atoms with Crippen molar-refractivity contribution in [3.05, 3.63) is 102 Å². The van der Waals surface area contributed by atoms with Gasteiger partial charge in [-0.15, -0.1) is 0 Å². The van der Waals surface area contributed by atoms with Crippen molar-refractivity contribution in [2.45, 2.75) is 6.54 Å². The van der Waals surface area contributed by atoms with E-state index >= 15 is 0 Å². The maximum Gasteiger partial charge on any atom is 0.336 e. The number of benzene rings is 4. The molecule has 0 aliphatic rings. The molecule has 0 aromatic heterocycles. The second-order valence-corrected chi connectivity index (χ2v) is 7.66. The third-order valence-corrected chi connectivity index (χ3v) is 5.25. The lowest BCUT2D eigenvalue weighted by molar-refractivity contribution is 0.0698. The van der Waals surface area contributed by atoms with Gasteiger partial charge in [0, 0.05) is 30.2 Å². The SMILES string of the molecule is CN(N)Cc1ccc(-c2ccc(C(=O)Nc3cccc4cccc(C(=O)O)c34)cc2)cc1. The lowest BCUT2D eigenvalue weighted by atomic mass is 10.0.